The zero-order valence-corrected chi connectivity index (χ0v) is 12.6. The Hall–Kier alpha value is -1.20. The second-order valence-corrected chi connectivity index (χ2v) is 5.80. The molecule has 2 bridgehead atoms. The van der Waals surface area contributed by atoms with Crippen LogP contribution in [0.4, 0.5) is 8.78 Å². The summed E-state index contributed by atoms with van der Waals surface area (Å²) in [5.41, 5.74) is -0.0558. The van der Waals surface area contributed by atoms with Crippen LogP contribution in [-0.4, -0.2) is 36.0 Å². The quantitative estimate of drug-likeness (QED) is 0.910. The van der Waals surface area contributed by atoms with E-state index in [2.05, 4.69) is 5.32 Å². The fourth-order valence-electron chi connectivity index (χ4n) is 3.36. The maximum absolute atomic E-state index is 13.7. The monoisotopic (exact) mass is 316 g/mol. The van der Waals surface area contributed by atoms with E-state index in [0.717, 1.165) is 37.8 Å². The van der Waals surface area contributed by atoms with Gasteiger partial charge in [0.15, 0.2) is 0 Å². The average Bonchev–Trinajstić information content (AvgIpc) is 2.76. The van der Waals surface area contributed by atoms with E-state index in [1.807, 2.05) is 0 Å². The lowest BCUT2D eigenvalue weighted by Crippen LogP contribution is -2.48. The van der Waals surface area contributed by atoms with E-state index in [1.165, 1.54) is 6.07 Å². The van der Waals surface area contributed by atoms with Crippen LogP contribution in [0, 0.1) is 11.6 Å². The Kier molecular flexibility index (Phi) is 4.84. The molecule has 2 aliphatic heterocycles. The van der Waals surface area contributed by atoms with Crippen LogP contribution >= 0.6 is 12.4 Å². The maximum Gasteiger partial charge on any atom is 0.256 e. The summed E-state index contributed by atoms with van der Waals surface area (Å²) in [5, 5.41) is 3.51. The molecule has 0 saturated carbocycles. The number of rotatable bonds is 2. The number of carbonyl (C=O) groups is 1. The molecule has 2 fully saturated rings. The molecule has 2 unspecified atom stereocenters. The number of carbonyl (C=O) groups excluding carboxylic acids is 1. The van der Waals surface area contributed by atoms with E-state index in [4.69, 9.17) is 0 Å². The molecule has 0 spiro atoms. The topological polar surface area (TPSA) is 32.3 Å². The van der Waals surface area contributed by atoms with Gasteiger partial charge >= 0.3 is 0 Å². The first-order chi connectivity index (χ1) is 9.54. The molecule has 3 rings (SSSR count). The van der Waals surface area contributed by atoms with Gasteiger partial charge < -0.3 is 10.2 Å². The number of nitrogens with one attached hydrogen (secondary N) is 1. The van der Waals surface area contributed by atoms with Crippen molar-refractivity contribution in [3.8, 4) is 0 Å². The van der Waals surface area contributed by atoms with Gasteiger partial charge in [0.25, 0.3) is 5.91 Å². The normalized spacial score (nSPS) is 27.1. The summed E-state index contributed by atoms with van der Waals surface area (Å²) >= 11 is 0. The van der Waals surface area contributed by atoms with Crippen LogP contribution in [0.2, 0.25) is 0 Å². The largest absolute Gasteiger partial charge is 0.339 e. The predicted octanol–water partition coefficient (Wildman–Crippen LogP) is 2.74. The molecule has 1 N–H and O–H groups in total. The highest BCUT2D eigenvalue weighted by atomic mass is 35.5. The van der Waals surface area contributed by atoms with Crippen LogP contribution < -0.4 is 5.32 Å². The molecule has 6 heteroatoms. The first-order valence-corrected chi connectivity index (χ1v) is 7.03. The van der Waals surface area contributed by atoms with Gasteiger partial charge in [-0.15, -0.1) is 12.4 Å². The van der Waals surface area contributed by atoms with Crippen molar-refractivity contribution in [2.24, 2.45) is 0 Å². The van der Waals surface area contributed by atoms with Gasteiger partial charge in [0.2, 0.25) is 0 Å². The van der Waals surface area contributed by atoms with Crippen molar-refractivity contribution < 1.29 is 13.6 Å². The number of benzene rings is 1. The lowest BCUT2D eigenvalue weighted by molar-refractivity contribution is 0.0677. The highest BCUT2D eigenvalue weighted by molar-refractivity contribution is 5.94. The summed E-state index contributed by atoms with van der Waals surface area (Å²) in [4.78, 5) is 14.0. The summed E-state index contributed by atoms with van der Waals surface area (Å²) in [7, 11) is 1.71. The van der Waals surface area contributed by atoms with Gasteiger partial charge in [-0.25, -0.2) is 8.78 Å². The Morgan fingerprint density at radius 2 is 1.86 bits per heavy atom. The first-order valence-electron chi connectivity index (χ1n) is 7.03. The fourth-order valence-corrected chi connectivity index (χ4v) is 3.36. The molecular weight excluding hydrogens is 298 g/mol. The van der Waals surface area contributed by atoms with Gasteiger partial charge in [0, 0.05) is 31.2 Å². The van der Waals surface area contributed by atoms with Crippen molar-refractivity contribution in [3.05, 3.63) is 35.4 Å². The molecule has 2 saturated heterocycles. The fraction of sp³-hybridized carbons (Fsp3) is 0.533. The van der Waals surface area contributed by atoms with Crippen molar-refractivity contribution in [3.63, 3.8) is 0 Å². The van der Waals surface area contributed by atoms with E-state index in [9.17, 15) is 13.6 Å². The summed E-state index contributed by atoms with van der Waals surface area (Å²) in [5.74, 6) is -1.82. The van der Waals surface area contributed by atoms with Gasteiger partial charge in [-0.05, 0) is 37.8 Å². The summed E-state index contributed by atoms with van der Waals surface area (Å²) in [6, 6.07) is 4.16. The van der Waals surface area contributed by atoms with Crippen LogP contribution in [0.1, 0.15) is 36.0 Å². The number of amides is 1. The predicted molar refractivity (Wildman–Crippen MR) is 78.7 cm³/mol. The molecular formula is C15H19ClF2N2O. The molecule has 116 valence electrons. The third kappa shape index (κ3) is 3.19. The number of hydrogen-bond acceptors (Lipinski definition) is 2. The molecule has 0 radical (unpaired) electrons. The molecule has 1 aromatic rings. The van der Waals surface area contributed by atoms with Crippen molar-refractivity contribution >= 4 is 18.3 Å². The molecule has 1 amide bonds. The molecule has 1 aromatic carbocycles. The second-order valence-electron chi connectivity index (χ2n) is 5.80. The molecule has 0 aliphatic carbocycles. The first kappa shape index (κ1) is 16.2. The van der Waals surface area contributed by atoms with E-state index in [0.29, 0.717) is 12.1 Å². The Balaban J connectivity index is 0.00000161. The van der Waals surface area contributed by atoms with Gasteiger partial charge in [-0.3, -0.25) is 4.79 Å². The SMILES string of the molecule is CN(C(=O)c1ccc(F)cc1F)C1CC2CCC(C1)N2.Cl. The van der Waals surface area contributed by atoms with E-state index in [-0.39, 0.29) is 29.9 Å². The number of halogens is 3. The third-order valence-corrected chi connectivity index (χ3v) is 4.48. The van der Waals surface area contributed by atoms with E-state index in [1.54, 1.807) is 11.9 Å². The summed E-state index contributed by atoms with van der Waals surface area (Å²) < 4.78 is 26.6. The lowest BCUT2D eigenvalue weighted by Gasteiger charge is -2.35. The second kappa shape index (κ2) is 6.28. The third-order valence-electron chi connectivity index (χ3n) is 4.48. The van der Waals surface area contributed by atoms with Gasteiger partial charge in [0.1, 0.15) is 11.6 Å². The molecule has 3 nitrogen and oxygen atoms in total. The standard InChI is InChI=1S/C15H18F2N2O.ClH/c1-19(12-7-10-3-4-11(8-12)18-10)15(20)13-5-2-9(16)6-14(13)17;/h2,5-6,10-12,18H,3-4,7-8H2,1H3;1H. The average molecular weight is 317 g/mol. The molecule has 2 aliphatic rings. The maximum atomic E-state index is 13.7. The lowest BCUT2D eigenvalue weighted by atomic mass is 9.98. The molecule has 2 atom stereocenters. The Labute approximate surface area is 129 Å². The highest BCUT2D eigenvalue weighted by Crippen LogP contribution is 2.30. The minimum absolute atomic E-state index is 0. The van der Waals surface area contributed by atoms with Crippen LogP contribution in [0.3, 0.4) is 0 Å². The Morgan fingerprint density at radius 1 is 1.24 bits per heavy atom. The Bertz CT molecular complexity index is 528. The zero-order chi connectivity index (χ0) is 14.3. The van der Waals surface area contributed by atoms with E-state index < -0.39 is 11.6 Å². The van der Waals surface area contributed by atoms with E-state index >= 15 is 0 Å². The van der Waals surface area contributed by atoms with Crippen molar-refractivity contribution in [1.82, 2.24) is 10.2 Å². The number of hydrogen-bond donors (Lipinski definition) is 1. The van der Waals surface area contributed by atoms with Crippen molar-refractivity contribution in [2.75, 3.05) is 7.05 Å². The van der Waals surface area contributed by atoms with Crippen molar-refractivity contribution in [2.45, 2.75) is 43.8 Å². The van der Waals surface area contributed by atoms with Crippen molar-refractivity contribution in [1.29, 1.82) is 0 Å². The minimum Gasteiger partial charge on any atom is -0.339 e. The van der Waals surface area contributed by atoms with Crippen LogP contribution in [-0.2, 0) is 0 Å². The minimum atomic E-state index is -0.793. The number of nitrogens with zero attached hydrogens (tertiary/aromatic N) is 1. The van der Waals surface area contributed by atoms with Crippen LogP contribution in [0.15, 0.2) is 18.2 Å². The smallest absolute Gasteiger partial charge is 0.256 e. The van der Waals surface area contributed by atoms with Crippen LogP contribution in [0.5, 0.6) is 0 Å². The number of piperidine rings is 1. The summed E-state index contributed by atoms with van der Waals surface area (Å²) in [6.45, 7) is 0. The molecule has 0 aromatic heterocycles. The van der Waals surface area contributed by atoms with Gasteiger partial charge in [-0.2, -0.15) is 0 Å². The Morgan fingerprint density at radius 3 is 2.43 bits per heavy atom. The van der Waals surface area contributed by atoms with Gasteiger partial charge in [-0.1, -0.05) is 0 Å². The van der Waals surface area contributed by atoms with Gasteiger partial charge in [0.05, 0.1) is 5.56 Å². The zero-order valence-electron chi connectivity index (χ0n) is 11.8. The number of fused-ring (bicyclic) bond motifs is 2. The highest BCUT2D eigenvalue weighted by Gasteiger charge is 2.36. The summed E-state index contributed by atoms with van der Waals surface area (Å²) in [6.07, 6.45) is 4.10. The van der Waals surface area contributed by atoms with Crippen LogP contribution in [0.25, 0.3) is 0 Å². The molecule has 21 heavy (non-hydrogen) atoms. The molecule has 2 heterocycles.